The van der Waals surface area contributed by atoms with Crippen LogP contribution in [0.25, 0.3) is 11.2 Å². The number of carboxylic acids is 1. The van der Waals surface area contributed by atoms with E-state index in [4.69, 9.17) is 10.5 Å². The minimum Gasteiger partial charge on any atom is -0.481 e. The van der Waals surface area contributed by atoms with Crippen LogP contribution in [0.3, 0.4) is 0 Å². The van der Waals surface area contributed by atoms with Crippen molar-refractivity contribution < 1.29 is 14.6 Å². The normalized spacial score (nSPS) is 12.5. The second kappa shape index (κ2) is 13.9. The van der Waals surface area contributed by atoms with E-state index in [0.29, 0.717) is 30.9 Å². The number of aliphatic carboxylic acids is 1. The summed E-state index contributed by atoms with van der Waals surface area (Å²) in [6, 6.07) is 7.95. The lowest BCUT2D eigenvalue weighted by molar-refractivity contribution is -0.138. The fourth-order valence-electron chi connectivity index (χ4n) is 4.31. The number of imidazole rings is 1. The lowest BCUT2D eigenvalue weighted by atomic mass is 9.99. The molecule has 0 spiro atoms. The predicted octanol–water partition coefficient (Wildman–Crippen LogP) is 2.91. The third-order valence-corrected chi connectivity index (χ3v) is 6.52. The number of fused-ring (bicyclic) bond motifs is 1. The Morgan fingerprint density at radius 1 is 1.18 bits per heavy atom. The van der Waals surface area contributed by atoms with Crippen LogP contribution in [0.15, 0.2) is 29.1 Å². The monoisotopic (exact) mass is 527 g/mol. The van der Waals surface area contributed by atoms with E-state index >= 15 is 0 Å². The standard InChI is InChI=1S/C27H41N7O4/c1-5-6-16-38-26-30-23(28)22-24(31-26)34(27(37)29-22)15-9-14-33(13-8-12-32(3)4)18-20-10-7-11-21(17-20)19(2)25(35)36/h7,10-11,17,19H,5-6,8-9,12-16,18H2,1-4H3,(H,29,37)(H,35,36)(H2,28,30,31). The Labute approximate surface area is 223 Å². The summed E-state index contributed by atoms with van der Waals surface area (Å²) in [6.45, 7) is 8.02. The van der Waals surface area contributed by atoms with Crippen molar-refractivity contribution in [3.8, 4) is 6.01 Å². The SMILES string of the molecule is CCCCOc1nc(N)c2[nH]c(=O)n(CCCN(CCCN(C)C)Cc3cccc(C(C)C(=O)O)c3)c2n1. The second-order valence-electron chi connectivity index (χ2n) is 9.97. The smallest absolute Gasteiger partial charge is 0.327 e. The van der Waals surface area contributed by atoms with Crippen LogP contribution in [0.2, 0.25) is 0 Å². The maximum atomic E-state index is 12.7. The van der Waals surface area contributed by atoms with Crippen molar-refractivity contribution in [3.05, 3.63) is 45.9 Å². The number of carbonyl (C=O) groups is 1. The highest BCUT2D eigenvalue weighted by Gasteiger charge is 2.17. The Bertz CT molecular complexity index is 1250. The van der Waals surface area contributed by atoms with Gasteiger partial charge in [0.1, 0.15) is 5.52 Å². The molecule has 0 aliphatic heterocycles. The van der Waals surface area contributed by atoms with E-state index in [9.17, 15) is 14.7 Å². The zero-order valence-corrected chi connectivity index (χ0v) is 22.9. The minimum atomic E-state index is -0.836. The first-order valence-electron chi connectivity index (χ1n) is 13.3. The van der Waals surface area contributed by atoms with Crippen LogP contribution in [0.5, 0.6) is 6.01 Å². The zero-order chi connectivity index (χ0) is 27.7. The number of carboxylic acid groups (broad SMARTS) is 1. The number of nitrogen functional groups attached to an aromatic ring is 1. The number of aromatic amines is 1. The van der Waals surface area contributed by atoms with Crippen LogP contribution in [0.4, 0.5) is 5.82 Å². The summed E-state index contributed by atoms with van der Waals surface area (Å²) in [5.74, 6) is -1.20. The van der Waals surface area contributed by atoms with Crippen LogP contribution in [-0.2, 0) is 17.9 Å². The highest BCUT2D eigenvalue weighted by molar-refractivity contribution is 5.81. The molecule has 1 unspecified atom stereocenters. The topological polar surface area (TPSA) is 143 Å². The van der Waals surface area contributed by atoms with E-state index < -0.39 is 11.9 Å². The third-order valence-electron chi connectivity index (χ3n) is 6.52. The highest BCUT2D eigenvalue weighted by Crippen LogP contribution is 2.20. The van der Waals surface area contributed by atoms with Gasteiger partial charge in [-0.05, 0) is 64.5 Å². The summed E-state index contributed by atoms with van der Waals surface area (Å²) in [4.78, 5) is 40.1. The largest absolute Gasteiger partial charge is 0.481 e. The zero-order valence-electron chi connectivity index (χ0n) is 22.9. The first-order valence-corrected chi connectivity index (χ1v) is 13.3. The molecule has 3 aromatic rings. The summed E-state index contributed by atoms with van der Waals surface area (Å²) in [5, 5.41) is 9.40. The van der Waals surface area contributed by atoms with Gasteiger partial charge in [0.2, 0.25) is 0 Å². The first kappa shape index (κ1) is 29.1. The molecule has 3 rings (SSSR count). The van der Waals surface area contributed by atoms with Gasteiger partial charge in [-0.15, -0.1) is 0 Å². The van der Waals surface area contributed by atoms with Crippen molar-refractivity contribution in [2.45, 2.75) is 58.5 Å². The molecule has 2 heterocycles. The van der Waals surface area contributed by atoms with Crippen LogP contribution in [0, 0.1) is 0 Å². The third kappa shape index (κ3) is 8.03. The maximum absolute atomic E-state index is 12.7. The lowest BCUT2D eigenvalue weighted by Crippen LogP contribution is -2.29. The number of hydrogen-bond donors (Lipinski definition) is 3. The number of rotatable bonds is 16. The first-order chi connectivity index (χ1) is 18.2. The van der Waals surface area contributed by atoms with Gasteiger partial charge in [-0.1, -0.05) is 37.6 Å². The van der Waals surface area contributed by atoms with Gasteiger partial charge in [-0.2, -0.15) is 9.97 Å². The molecule has 0 bridgehead atoms. The van der Waals surface area contributed by atoms with Gasteiger partial charge in [0.15, 0.2) is 11.5 Å². The van der Waals surface area contributed by atoms with Gasteiger partial charge < -0.3 is 25.5 Å². The molecule has 208 valence electrons. The Morgan fingerprint density at radius 2 is 1.95 bits per heavy atom. The molecule has 0 saturated carbocycles. The maximum Gasteiger partial charge on any atom is 0.327 e. The summed E-state index contributed by atoms with van der Waals surface area (Å²) in [6.07, 6.45) is 3.58. The molecular weight excluding hydrogens is 486 g/mol. The van der Waals surface area contributed by atoms with E-state index in [1.807, 2.05) is 24.3 Å². The molecule has 0 amide bonds. The van der Waals surface area contributed by atoms with Crippen LogP contribution in [0.1, 0.15) is 56.6 Å². The number of nitrogens with two attached hydrogens (primary N) is 1. The van der Waals surface area contributed by atoms with Gasteiger partial charge >= 0.3 is 17.7 Å². The van der Waals surface area contributed by atoms with Crippen LogP contribution in [-0.4, -0.2) is 80.7 Å². The second-order valence-corrected chi connectivity index (χ2v) is 9.97. The van der Waals surface area contributed by atoms with Gasteiger partial charge in [0.25, 0.3) is 0 Å². The summed E-state index contributed by atoms with van der Waals surface area (Å²) in [5.41, 5.74) is 8.53. The van der Waals surface area contributed by atoms with Crippen molar-refractivity contribution >= 4 is 23.0 Å². The van der Waals surface area contributed by atoms with Gasteiger partial charge in [-0.3, -0.25) is 14.3 Å². The van der Waals surface area contributed by atoms with E-state index in [0.717, 1.165) is 56.4 Å². The predicted molar refractivity (Wildman–Crippen MR) is 149 cm³/mol. The Hall–Kier alpha value is -3.44. The van der Waals surface area contributed by atoms with Crippen molar-refractivity contribution in [1.82, 2.24) is 29.3 Å². The number of benzene rings is 1. The molecule has 0 saturated heterocycles. The molecule has 0 aliphatic rings. The van der Waals surface area contributed by atoms with Crippen LogP contribution >= 0.6 is 0 Å². The number of nitrogens with one attached hydrogen (secondary N) is 1. The average molecular weight is 528 g/mol. The van der Waals surface area contributed by atoms with Crippen molar-refractivity contribution in [1.29, 1.82) is 0 Å². The number of nitrogens with zero attached hydrogens (tertiary/aromatic N) is 5. The molecule has 1 aromatic carbocycles. The molecular formula is C27H41N7O4. The lowest BCUT2D eigenvalue weighted by Gasteiger charge is -2.24. The molecule has 1 atom stereocenters. The van der Waals surface area contributed by atoms with Gasteiger partial charge in [0.05, 0.1) is 12.5 Å². The highest BCUT2D eigenvalue weighted by atomic mass is 16.5. The fraction of sp³-hybridized carbons (Fsp3) is 0.556. The van der Waals surface area contributed by atoms with Gasteiger partial charge in [-0.25, -0.2) is 4.79 Å². The summed E-state index contributed by atoms with van der Waals surface area (Å²) in [7, 11) is 4.11. The molecule has 38 heavy (non-hydrogen) atoms. The molecule has 0 fully saturated rings. The summed E-state index contributed by atoms with van der Waals surface area (Å²) < 4.78 is 7.22. The molecule has 0 aliphatic carbocycles. The van der Waals surface area contributed by atoms with Crippen molar-refractivity contribution in [2.24, 2.45) is 0 Å². The number of H-pyrrole nitrogens is 1. The molecule has 0 radical (unpaired) electrons. The molecule has 11 nitrogen and oxygen atoms in total. The van der Waals surface area contributed by atoms with Crippen LogP contribution < -0.4 is 16.2 Å². The van der Waals surface area contributed by atoms with E-state index in [-0.39, 0.29) is 17.5 Å². The minimum absolute atomic E-state index is 0.178. The Kier molecular flexibility index (Phi) is 10.7. The molecule has 11 heteroatoms. The van der Waals surface area contributed by atoms with Crippen molar-refractivity contribution in [3.63, 3.8) is 0 Å². The number of hydrogen-bond acceptors (Lipinski definition) is 8. The number of aromatic nitrogens is 4. The van der Waals surface area contributed by atoms with E-state index in [2.05, 4.69) is 45.8 Å². The number of ether oxygens (including phenoxy) is 1. The van der Waals surface area contributed by atoms with E-state index in [1.165, 1.54) is 0 Å². The average Bonchev–Trinajstić information content (AvgIpc) is 3.19. The Balaban J connectivity index is 1.72. The van der Waals surface area contributed by atoms with Gasteiger partial charge in [0, 0.05) is 19.6 Å². The summed E-state index contributed by atoms with van der Waals surface area (Å²) >= 11 is 0. The quantitative estimate of drug-likeness (QED) is 0.240. The Morgan fingerprint density at radius 3 is 2.66 bits per heavy atom. The molecule has 2 aromatic heterocycles. The number of unbranched alkanes of at least 4 members (excludes halogenated alkanes) is 1. The molecule has 4 N–H and O–H groups in total. The fourth-order valence-corrected chi connectivity index (χ4v) is 4.31. The van der Waals surface area contributed by atoms with Crippen molar-refractivity contribution in [2.75, 3.05) is 46.1 Å². The number of aryl methyl sites for hydroxylation is 1. The van der Waals surface area contributed by atoms with E-state index in [1.54, 1.807) is 11.5 Å². The number of anilines is 1.